The molecule has 1 aliphatic heterocycles. The van der Waals surface area contributed by atoms with Crippen LogP contribution in [-0.4, -0.2) is 65.0 Å². The molecule has 6 nitrogen and oxygen atoms in total. The molecule has 0 radical (unpaired) electrons. The van der Waals surface area contributed by atoms with Gasteiger partial charge in [-0.05, 0) is 6.42 Å². The first-order chi connectivity index (χ1) is 10.3. The Labute approximate surface area is 130 Å². The molecule has 0 spiro atoms. The Morgan fingerprint density at radius 2 is 2.10 bits per heavy atom. The van der Waals surface area contributed by atoms with E-state index in [9.17, 15) is 4.79 Å². The van der Waals surface area contributed by atoms with Gasteiger partial charge in [-0.25, -0.2) is 9.97 Å². The number of anilines is 1. The molecule has 7 heteroatoms. The summed E-state index contributed by atoms with van der Waals surface area (Å²) in [4.78, 5) is 22.7. The Hall–Kier alpha value is -1.34. The number of thioether (sulfide) groups is 1. The van der Waals surface area contributed by atoms with Crippen molar-refractivity contribution in [1.82, 2.24) is 20.2 Å². The van der Waals surface area contributed by atoms with E-state index in [-0.39, 0.29) is 5.91 Å². The van der Waals surface area contributed by atoms with Crippen LogP contribution in [0.15, 0.2) is 12.4 Å². The summed E-state index contributed by atoms with van der Waals surface area (Å²) in [5.74, 6) is 2.92. The maximum atomic E-state index is 12.0. The van der Waals surface area contributed by atoms with Crippen molar-refractivity contribution >= 4 is 23.5 Å². The zero-order chi connectivity index (χ0) is 14.9. The van der Waals surface area contributed by atoms with Crippen molar-refractivity contribution in [2.24, 2.45) is 0 Å². The second-order valence-corrected chi connectivity index (χ2v) is 6.15. The normalized spacial score (nSPS) is 15.7. The van der Waals surface area contributed by atoms with E-state index in [1.807, 2.05) is 11.8 Å². The van der Waals surface area contributed by atoms with Crippen molar-refractivity contribution in [3.8, 4) is 0 Å². The molecule has 1 saturated heterocycles. The first kappa shape index (κ1) is 16.0. The molecule has 0 aromatic carbocycles. The first-order valence-electron chi connectivity index (χ1n) is 7.44. The molecular formula is C14H23N5OS. The van der Waals surface area contributed by atoms with Crippen LogP contribution in [0.1, 0.15) is 23.8 Å². The first-order valence-corrected chi connectivity index (χ1v) is 8.59. The van der Waals surface area contributed by atoms with Crippen molar-refractivity contribution < 1.29 is 4.79 Å². The molecule has 1 aromatic rings. The monoisotopic (exact) mass is 309 g/mol. The number of rotatable bonds is 7. The van der Waals surface area contributed by atoms with Crippen molar-refractivity contribution in [2.75, 3.05) is 49.5 Å². The van der Waals surface area contributed by atoms with Crippen LogP contribution >= 0.6 is 11.8 Å². The SMILES string of the molecule is CCCNc1cnc(C(=O)NCCN2CCSCC2)cn1. The lowest BCUT2D eigenvalue weighted by Crippen LogP contribution is -2.39. The summed E-state index contributed by atoms with van der Waals surface area (Å²) in [6, 6.07) is 0. The molecular weight excluding hydrogens is 286 g/mol. The predicted molar refractivity (Wildman–Crippen MR) is 86.9 cm³/mol. The molecule has 0 saturated carbocycles. The minimum atomic E-state index is -0.157. The average molecular weight is 309 g/mol. The van der Waals surface area contributed by atoms with E-state index in [0.29, 0.717) is 18.1 Å². The standard InChI is InChI=1S/C14H23N5OS/c1-2-3-15-13-11-17-12(10-18-13)14(20)16-4-5-19-6-8-21-9-7-19/h10-11H,2-9H2,1H3,(H,15,18)(H,16,20). The Bertz CT molecular complexity index is 433. The van der Waals surface area contributed by atoms with Crippen LogP contribution in [0, 0.1) is 0 Å². The van der Waals surface area contributed by atoms with E-state index < -0.39 is 0 Å². The van der Waals surface area contributed by atoms with Crippen LogP contribution in [0.5, 0.6) is 0 Å². The zero-order valence-electron chi connectivity index (χ0n) is 12.5. The molecule has 1 fully saturated rings. The lowest BCUT2D eigenvalue weighted by molar-refractivity contribution is 0.0943. The van der Waals surface area contributed by atoms with Gasteiger partial charge >= 0.3 is 0 Å². The minimum Gasteiger partial charge on any atom is -0.369 e. The smallest absolute Gasteiger partial charge is 0.271 e. The van der Waals surface area contributed by atoms with Crippen LogP contribution in [0.2, 0.25) is 0 Å². The van der Waals surface area contributed by atoms with Gasteiger partial charge in [0.15, 0.2) is 0 Å². The number of carbonyl (C=O) groups is 1. The molecule has 116 valence electrons. The average Bonchev–Trinajstić information content (AvgIpc) is 2.54. The molecule has 2 rings (SSSR count). The second kappa shape index (κ2) is 8.84. The quantitative estimate of drug-likeness (QED) is 0.785. The molecule has 1 aromatic heterocycles. The zero-order valence-corrected chi connectivity index (χ0v) is 13.3. The summed E-state index contributed by atoms with van der Waals surface area (Å²) in [5.41, 5.74) is 0.367. The molecule has 2 heterocycles. The maximum Gasteiger partial charge on any atom is 0.271 e. The molecule has 0 unspecified atom stereocenters. The number of amides is 1. The number of carbonyl (C=O) groups excluding carboxylic acids is 1. The van der Waals surface area contributed by atoms with Gasteiger partial charge in [-0.3, -0.25) is 9.69 Å². The lowest BCUT2D eigenvalue weighted by atomic mass is 10.4. The Balaban J connectivity index is 1.72. The fraction of sp³-hybridized carbons (Fsp3) is 0.643. The number of nitrogens with zero attached hydrogens (tertiary/aromatic N) is 3. The van der Waals surface area contributed by atoms with E-state index >= 15 is 0 Å². The fourth-order valence-corrected chi connectivity index (χ4v) is 3.01. The van der Waals surface area contributed by atoms with Gasteiger partial charge in [0.1, 0.15) is 11.5 Å². The molecule has 0 aliphatic carbocycles. The van der Waals surface area contributed by atoms with Gasteiger partial charge in [-0.2, -0.15) is 11.8 Å². The van der Waals surface area contributed by atoms with Crippen LogP contribution in [-0.2, 0) is 0 Å². The summed E-state index contributed by atoms with van der Waals surface area (Å²) in [7, 11) is 0. The van der Waals surface area contributed by atoms with Gasteiger partial charge in [0, 0.05) is 44.2 Å². The predicted octanol–water partition coefficient (Wildman–Crippen LogP) is 1.08. The van der Waals surface area contributed by atoms with E-state index in [2.05, 4.69) is 32.4 Å². The Kier molecular flexibility index (Phi) is 6.75. The summed E-state index contributed by atoms with van der Waals surface area (Å²) in [6.45, 7) is 6.71. The van der Waals surface area contributed by atoms with Crippen molar-refractivity contribution in [3.05, 3.63) is 18.1 Å². The minimum absolute atomic E-state index is 0.157. The summed E-state index contributed by atoms with van der Waals surface area (Å²) in [5, 5.41) is 6.03. The van der Waals surface area contributed by atoms with Crippen LogP contribution in [0.3, 0.4) is 0 Å². The molecule has 1 aliphatic rings. The Morgan fingerprint density at radius 3 is 2.76 bits per heavy atom. The van der Waals surface area contributed by atoms with E-state index in [1.54, 1.807) is 6.20 Å². The van der Waals surface area contributed by atoms with Crippen LogP contribution in [0.4, 0.5) is 5.82 Å². The third-order valence-electron chi connectivity index (χ3n) is 3.26. The number of nitrogens with one attached hydrogen (secondary N) is 2. The van der Waals surface area contributed by atoms with Crippen molar-refractivity contribution in [3.63, 3.8) is 0 Å². The van der Waals surface area contributed by atoms with Crippen LogP contribution in [0.25, 0.3) is 0 Å². The Morgan fingerprint density at radius 1 is 1.29 bits per heavy atom. The highest BCUT2D eigenvalue weighted by Crippen LogP contribution is 2.08. The number of hydrogen-bond donors (Lipinski definition) is 2. The third-order valence-corrected chi connectivity index (χ3v) is 4.20. The van der Waals surface area contributed by atoms with Crippen molar-refractivity contribution in [1.29, 1.82) is 0 Å². The largest absolute Gasteiger partial charge is 0.369 e. The van der Waals surface area contributed by atoms with Gasteiger partial charge in [-0.1, -0.05) is 6.92 Å². The second-order valence-electron chi connectivity index (χ2n) is 4.92. The van der Waals surface area contributed by atoms with Gasteiger partial charge in [0.25, 0.3) is 5.91 Å². The number of aromatic nitrogens is 2. The van der Waals surface area contributed by atoms with Gasteiger partial charge in [0.2, 0.25) is 0 Å². The van der Waals surface area contributed by atoms with Gasteiger partial charge in [-0.15, -0.1) is 0 Å². The molecule has 0 atom stereocenters. The number of hydrogen-bond acceptors (Lipinski definition) is 6. The summed E-state index contributed by atoms with van der Waals surface area (Å²) >= 11 is 1.99. The third kappa shape index (κ3) is 5.51. The van der Waals surface area contributed by atoms with E-state index in [1.165, 1.54) is 17.7 Å². The topological polar surface area (TPSA) is 70.2 Å². The summed E-state index contributed by atoms with van der Waals surface area (Å²) in [6.07, 6.45) is 4.15. The van der Waals surface area contributed by atoms with Gasteiger partial charge < -0.3 is 10.6 Å². The lowest BCUT2D eigenvalue weighted by Gasteiger charge is -2.25. The molecule has 1 amide bonds. The highest BCUT2D eigenvalue weighted by Gasteiger charge is 2.11. The van der Waals surface area contributed by atoms with Crippen LogP contribution < -0.4 is 10.6 Å². The van der Waals surface area contributed by atoms with Crippen molar-refractivity contribution in [2.45, 2.75) is 13.3 Å². The molecule has 2 N–H and O–H groups in total. The highest BCUT2D eigenvalue weighted by molar-refractivity contribution is 7.99. The fourth-order valence-electron chi connectivity index (χ4n) is 2.03. The molecule has 0 bridgehead atoms. The maximum absolute atomic E-state index is 12.0. The van der Waals surface area contributed by atoms with Gasteiger partial charge in [0.05, 0.1) is 12.4 Å². The molecule has 21 heavy (non-hydrogen) atoms. The highest BCUT2D eigenvalue weighted by atomic mass is 32.2. The van der Waals surface area contributed by atoms with E-state index in [0.717, 1.165) is 32.6 Å². The summed E-state index contributed by atoms with van der Waals surface area (Å²) < 4.78 is 0. The van der Waals surface area contributed by atoms with E-state index in [4.69, 9.17) is 0 Å².